The number of aryl methyl sites for hydroxylation is 2. The van der Waals surface area contributed by atoms with Crippen LogP contribution in [0.1, 0.15) is 35.0 Å². The molecule has 0 spiro atoms. The molecule has 0 aliphatic rings. The topological polar surface area (TPSA) is 64.0 Å². The van der Waals surface area contributed by atoms with E-state index >= 15 is 0 Å². The molecule has 3 aromatic rings. The SMILES string of the molecule is CCCn1cc(C(=O)Nc2cccc(C(F)(F)F)c2)c(=O)c2ccc(C)nc21. The predicted octanol–water partition coefficient (Wildman–Crippen LogP) is 4.39. The summed E-state index contributed by atoms with van der Waals surface area (Å²) >= 11 is 0. The maximum absolute atomic E-state index is 12.9. The Hall–Kier alpha value is -3.16. The van der Waals surface area contributed by atoms with Gasteiger partial charge in [0.2, 0.25) is 5.43 Å². The molecule has 146 valence electrons. The van der Waals surface area contributed by atoms with E-state index in [2.05, 4.69) is 10.3 Å². The van der Waals surface area contributed by atoms with E-state index in [1.807, 2.05) is 6.92 Å². The molecular formula is C20H18F3N3O2. The van der Waals surface area contributed by atoms with E-state index in [4.69, 9.17) is 0 Å². The van der Waals surface area contributed by atoms with Crippen molar-refractivity contribution in [2.45, 2.75) is 33.0 Å². The summed E-state index contributed by atoms with van der Waals surface area (Å²) in [6.45, 7) is 4.29. The fraction of sp³-hybridized carbons (Fsp3) is 0.250. The van der Waals surface area contributed by atoms with Gasteiger partial charge in [0.15, 0.2) is 0 Å². The number of fused-ring (bicyclic) bond motifs is 1. The minimum Gasteiger partial charge on any atom is -0.331 e. The Kier molecular flexibility index (Phi) is 5.22. The normalized spacial score (nSPS) is 11.6. The maximum atomic E-state index is 12.9. The lowest BCUT2D eigenvalue weighted by Crippen LogP contribution is -2.24. The predicted molar refractivity (Wildman–Crippen MR) is 100 cm³/mol. The summed E-state index contributed by atoms with van der Waals surface area (Å²) in [6, 6.07) is 7.55. The molecule has 0 unspecified atom stereocenters. The van der Waals surface area contributed by atoms with Gasteiger partial charge in [0.1, 0.15) is 11.2 Å². The number of halogens is 3. The second kappa shape index (κ2) is 7.46. The van der Waals surface area contributed by atoms with Gasteiger partial charge in [0, 0.05) is 24.1 Å². The van der Waals surface area contributed by atoms with Gasteiger partial charge in [-0.15, -0.1) is 0 Å². The second-order valence-corrected chi connectivity index (χ2v) is 6.42. The van der Waals surface area contributed by atoms with Crippen LogP contribution in [0.2, 0.25) is 0 Å². The first-order valence-electron chi connectivity index (χ1n) is 8.70. The van der Waals surface area contributed by atoms with Crippen molar-refractivity contribution in [3.05, 3.63) is 69.6 Å². The third-order valence-electron chi connectivity index (χ3n) is 4.22. The zero-order valence-corrected chi connectivity index (χ0v) is 15.3. The number of benzene rings is 1. The molecule has 0 fully saturated rings. The van der Waals surface area contributed by atoms with Crippen molar-refractivity contribution in [1.82, 2.24) is 9.55 Å². The summed E-state index contributed by atoms with van der Waals surface area (Å²) in [5.74, 6) is -0.767. The summed E-state index contributed by atoms with van der Waals surface area (Å²) < 4.78 is 40.3. The van der Waals surface area contributed by atoms with Gasteiger partial charge in [-0.1, -0.05) is 13.0 Å². The van der Waals surface area contributed by atoms with Crippen LogP contribution >= 0.6 is 0 Å². The number of nitrogens with zero attached hydrogens (tertiary/aromatic N) is 2. The molecule has 2 aromatic heterocycles. The number of hydrogen-bond donors (Lipinski definition) is 1. The molecule has 1 N–H and O–H groups in total. The van der Waals surface area contributed by atoms with Crippen molar-refractivity contribution in [2.24, 2.45) is 0 Å². The standard InChI is InChI=1S/C20H18F3N3O2/c1-3-9-26-11-16(17(27)15-8-7-12(2)24-18(15)26)19(28)25-14-6-4-5-13(10-14)20(21,22)23/h4-8,10-11H,3,9H2,1-2H3,(H,25,28). The number of carbonyl (C=O) groups is 1. The van der Waals surface area contributed by atoms with Crippen molar-refractivity contribution in [2.75, 3.05) is 5.32 Å². The fourth-order valence-electron chi connectivity index (χ4n) is 2.90. The number of hydrogen-bond acceptors (Lipinski definition) is 3. The number of rotatable bonds is 4. The summed E-state index contributed by atoms with van der Waals surface area (Å²) in [5.41, 5.74) is -0.376. The Balaban J connectivity index is 2.04. The number of pyridine rings is 2. The Bertz CT molecular complexity index is 1100. The first-order chi connectivity index (χ1) is 13.2. The average Bonchev–Trinajstić information content (AvgIpc) is 2.63. The molecule has 3 rings (SSSR count). The first-order valence-corrected chi connectivity index (χ1v) is 8.70. The fourth-order valence-corrected chi connectivity index (χ4v) is 2.90. The van der Waals surface area contributed by atoms with Crippen molar-refractivity contribution in [3.8, 4) is 0 Å². The molecule has 5 nitrogen and oxygen atoms in total. The lowest BCUT2D eigenvalue weighted by atomic mass is 10.1. The van der Waals surface area contributed by atoms with Gasteiger partial charge in [-0.3, -0.25) is 9.59 Å². The van der Waals surface area contributed by atoms with E-state index in [-0.39, 0.29) is 16.6 Å². The molecule has 0 radical (unpaired) electrons. The molecule has 0 bridgehead atoms. The van der Waals surface area contributed by atoms with Gasteiger partial charge in [-0.05, 0) is 43.7 Å². The number of anilines is 1. The van der Waals surface area contributed by atoms with Crippen molar-refractivity contribution < 1.29 is 18.0 Å². The zero-order valence-electron chi connectivity index (χ0n) is 15.3. The van der Waals surface area contributed by atoms with Crippen LogP contribution in [0.3, 0.4) is 0 Å². The molecule has 8 heteroatoms. The van der Waals surface area contributed by atoms with Crippen LogP contribution in [0.25, 0.3) is 11.0 Å². The van der Waals surface area contributed by atoms with Gasteiger partial charge in [-0.2, -0.15) is 13.2 Å². The Morgan fingerprint density at radius 2 is 1.96 bits per heavy atom. The number of aromatic nitrogens is 2. The van der Waals surface area contributed by atoms with Crippen LogP contribution < -0.4 is 10.7 Å². The van der Waals surface area contributed by atoms with Crippen molar-refractivity contribution in [3.63, 3.8) is 0 Å². The third-order valence-corrected chi connectivity index (χ3v) is 4.22. The summed E-state index contributed by atoms with van der Waals surface area (Å²) in [4.78, 5) is 29.8. The number of nitrogens with one attached hydrogen (secondary N) is 1. The molecule has 1 aromatic carbocycles. The van der Waals surface area contributed by atoms with E-state index in [0.29, 0.717) is 12.2 Å². The van der Waals surface area contributed by atoms with Gasteiger partial charge in [0.05, 0.1) is 10.9 Å². The third kappa shape index (κ3) is 3.90. The molecule has 0 saturated heterocycles. The first kappa shape index (κ1) is 19.6. The number of alkyl halides is 3. The molecule has 0 atom stereocenters. The van der Waals surface area contributed by atoms with Crippen LogP contribution in [-0.4, -0.2) is 15.5 Å². The van der Waals surface area contributed by atoms with Crippen LogP contribution in [-0.2, 0) is 12.7 Å². The largest absolute Gasteiger partial charge is 0.416 e. The van der Waals surface area contributed by atoms with E-state index in [1.54, 1.807) is 23.6 Å². The summed E-state index contributed by atoms with van der Waals surface area (Å²) in [6.07, 6.45) is -2.37. The van der Waals surface area contributed by atoms with E-state index < -0.39 is 23.1 Å². The number of amides is 1. The highest BCUT2D eigenvalue weighted by atomic mass is 19.4. The van der Waals surface area contributed by atoms with Crippen LogP contribution in [0, 0.1) is 6.92 Å². The minimum absolute atomic E-state index is 0.0385. The molecule has 2 heterocycles. The lowest BCUT2D eigenvalue weighted by molar-refractivity contribution is -0.137. The van der Waals surface area contributed by atoms with E-state index in [9.17, 15) is 22.8 Å². The quantitative estimate of drug-likeness (QED) is 0.720. The Morgan fingerprint density at radius 1 is 1.21 bits per heavy atom. The lowest BCUT2D eigenvalue weighted by Gasteiger charge is -2.13. The summed E-state index contributed by atoms with van der Waals surface area (Å²) in [5, 5.41) is 2.67. The molecule has 1 amide bonds. The smallest absolute Gasteiger partial charge is 0.331 e. The maximum Gasteiger partial charge on any atom is 0.416 e. The highest BCUT2D eigenvalue weighted by Crippen LogP contribution is 2.30. The summed E-state index contributed by atoms with van der Waals surface area (Å²) in [7, 11) is 0. The monoisotopic (exact) mass is 389 g/mol. The second-order valence-electron chi connectivity index (χ2n) is 6.42. The van der Waals surface area contributed by atoms with Crippen molar-refractivity contribution in [1.29, 1.82) is 0 Å². The molecular weight excluding hydrogens is 371 g/mol. The van der Waals surface area contributed by atoms with Crippen LogP contribution in [0.15, 0.2) is 47.4 Å². The van der Waals surface area contributed by atoms with E-state index in [1.165, 1.54) is 18.3 Å². The minimum atomic E-state index is -4.53. The van der Waals surface area contributed by atoms with Gasteiger partial charge in [-0.25, -0.2) is 4.98 Å². The average molecular weight is 389 g/mol. The van der Waals surface area contributed by atoms with Crippen LogP contribution in [0.5, 0.6) is 0 Å². The highest BCUT2D eigenvalue weighted by Gasteiger charge is 2.30. The highest BCUT2D eigenvalue weighted by molar-refractivity contribution is 6.05. The molecule has 0 aliphatic heterocycles. The van der Waals surface area contributed by atoms with Crippen molar-refractivity contribution >= 4 is 22.6 Å². The van der Waals surface area contributed by atoms with Gasteiger partial charge in [0.25, 0.3) is 5.91 Å². The Labute approximate surface area is 158 Å². The Morgan fingerprint density at radius 3 is 2.64 bits per heavy atom. The zero-order chi connectivity index (χ0) is 20.5. The molecule has 0 aliphatic carbocycles. The van der Waals surface area contributed by atoms with Gasteiger partial charge >= 0.3 is 6.18 Å². The number of carbonyl (C=O) groups excluding carboxylic acids is 1. The van der Waals surface area contributed by atoms with E-state index in [0.717, 1.165) is 24.2 Å². The van der Waals surface area contributed by atoms with Gasteiger partial charge < -0.3 is 9.88 Å². The molecule has 28 heavy (non-hydrogen) atoms. The van der Waals surface area contributed by atoms with Crippen LogP contribution in [0.4, 0.5) is 18.9 Å². The molecule has 0 saturated carbocycles.